The lowest BCUT2D eigenvalue weighted by molar-refractivity contribution is -0.137. The second-order valence-corrected chi connectivity index (χ2v) is 6.61. The molecular weight excluding hydrogens is 373 g/mol. The minimum atomic E-state index is -4.46. The van der Waals surface area contributed by atoms with Crippen LogP contribution in [-0.4, -0.2) is 55.4 Å². The Balaban J connectivity index is 1.85. The lowest BCUT2D eigenvalue weighted by Crippen LogP contribution is -2.29. The van der Waals surface area contributed by atoms with Crippen molar-refractivity contribution in [2.75, 3.05) is 55.9 Å². The standard InChI is InChI=1S/C18H23F3N6O/c1-26(10-11-28-2)17-24-14-6-9-27(8-5-12(14)15(22)25-17)16-13(18(19,20)21)4-3-7-23-16/h3-4,7H,5-6,8-11H2,1-2H3,(H2,22,24,25). The van der Waals surface area contributed by atoms with Gasteiger partial charge >= 0.3 is 6.18 Å². The van der Waals surface area contributed by atoms with E-state index in [9.17, 15) is 13.2 Å². The van der Waals surface area contributed by atoms with Gasteiger partial charge in [-0.2, -0.15) is 18.2 Å². The summed E-state index contributed by atoms with van der Waals surface area (Å²) in [5.41, 5.74) is 6.95. The van der Waals surface area contributed by atoms with Crippen molar-refractivity contribution in [3.63, 3.8) is 0 Å². The number of aromatic nitrogens is 3. The van der Waals surface area contributed by atoms with Gasteiger partial charge in [-0.25, -0.2) is 9.97 Å². The van der Waals surface area contributed by atoms with Gasteiger partial charge in [0.2, 0.25) is 5.95 Å². The number of nitrogens with two attached hydrogens (primary N) is 1. The fourth-order valence-electron chi connectivity index (χ4n) is 3.20. The minimum absolute atomic E-state index is 0.0632. The number of fused-ring (bicyclic) bond motifs is 1. The van der Waals surface area contributed by atoms with E-state index < -0.39 is 11.7 Å². The molecule has 28 heavy (non-hydrogen) atoms. The summed E-state index contributed by atoms with van der Waals surface area (Å²) in [7, 11) is 3.45. The first-order valence-corrected chi connectivity index (χ1v) is 8.93. The molecule has 0 fully saturated rings. The number of halogens is 3. The van der Waals surface area contributed by atoms with Crippen LogP contribution >= 0.6 is 0 Å². The monoisotopic (exact) mass is 396 g/mol. The molecule has 0 atom stereocenters. The molecule has 10 heteroatoms. The summed E-state index contributed by atoms with van der Waals surface area (Å²) in [5.74, 6) is 0.783. The van der Waals surface area contributed by atoms with Crippen LogP contribution in [0.3, 0.4) is 0 Å². The molecule has 0 unspecified atom stereocenters. The number of nitrogen functional groups attached to an aromatic ring is 1. The van der Waals surface area contributed by atoms with Gasteiger partial charge in [0, 0.05) is 52.0 Å². The highest BCUT2D eigenvalue weighted by Gasteiger charge is 2.36. The van der Waals surface area contributed by atoms with Crippen molar-refractivity contribution in [1.29, 1.82) is 0 Å². The number of methoxy groups -OCH3 is 1. The molecule has 0 saturated heterocycles. The molecule has 0 radical (unpaired) electrons. The number of hydrogen-bond donors (Lipinski definition) is 1. The van der Waals surface area contributed by atoms with Crippen molar-refractivity contribution in [2.45, 2.75) is 19.0 Å². The van der Waals surface area contributed by atoms with Crippen LogP contribution in [0.25, 0.3) is 0 Å². The maximum atomic E-state index is 13.4. The molecular formula is C18H23F3N6O. The zero-order valence-corrected chi connectivity index (χ0v) is 15.8. The van der Waals surface area contributed by atoms with Crippen molar-refractivity contribution >= 4 is 17.6 Å². The van der Waals surface area contributed by atoms with E-state index >= 15 is 0 Å². The van der Waals surface area contributed by atoms with E-state index in [1.54, 1.807) is 12.0 Å². The number of hydrogen-bond acceptors (Lipinski definition) is 7. The van der Waals surface area contributed by atoms with Crippen molar-refractivity contribution in [2.24, 2.45) is 0 Å². The number of ether oxygens (including phenoxy) is 1. The van der Waals surface area contributed by atoms with Gasteiger partial charge in [-0.3, -0.25) is 0 Å². The minimum Gasteiger partial charge on any atom is -0.383 e. The van der Waals surface area contributed by atoms with E-state index in [2.05, 4.69) is 15.0 Å². The normalized spacial score (nSPS) is 14.5. The van der Waals surface area contributed by atoms with Crippen LogP contribution in [0, 0.1) is 0 Å². The van der Waals surface area contributed by atoms with Crippen molar-refractivity contribution < 1.29 is 17.9 Å². The summed E-state index contributed by atoms with van der Waals surface area (Å²) >= 11 is 0. The lowest BCUT2D eigenvalue weighted by atomic mass is 10.1. The summed E-state index contributed by atoms with van der Waals surface area (Å²) in [6.07, 6.45) is -2.17. The first-order valence-electron chi connectivity index (χ1n) is 8.93. The Bertz CT molecular complexity index is 829. The van der Waals surface area contributed by atoms with Gasteiger partial charge in [0.05, 0.1) is 17.9 Å². The van der Waals surface area contributed by atoms with Gasteiger partial charge in [0.15, 0.2) is 0 Å². The quantitative estimate of drug-likeness (QED) is 0.830. The van der Waals surface area contributed by atoms with Crippen molar-refractivity contribution in [1.82, 2.24) is 15.0 Å². The Labute approximate surface area is 161 Å². The van der Waals surface area contributed by atoms with Crippen LogP contribution in [-0.2, 0) is 23.8 Å². The Hall–Kier alpha value is -2.62. The summed E-state index contributed by atoms with van der Waals surface area (Å²) in [4.78, 5) is 16.4. The Morgan fingerprint density at radius 1 is 1.25 bits per heavy atom. The highest BCUT2D eigenvalue weighted by molar-refractivity contribution is 5.53. The van der Waals surface area contributed by atoms with E-state index in [4.69, 9.17) is 10.5 Å². The van der Waals surface area contributed by atoms with E-state index in [1.807, 2.05) is 11.9 Å². The van der Waals surface area contributed by atoms with E-state index in [0.717, 1.165) is 17.3 Å². The molecule has 0 amide bonds. The number of alkyl halides is 3. The van der Waals surface area contributed by atoms with Crippen molar-refractivity contribution in [3.05, 3.63) is 35.2 Å². The highest BCUT2D eigenvalue weighted by Crippen LogP contribution is 2.36. The Morgan fingerprint density at radius 3 is 2.71 bits per heavy atom. The third kappa shape index (κ3) is 4.27. The topological polar surface area (TPSA) is 80.4 Å². The predicted molar refractivity (Wildman–Crippen MR) is 100 cm³/mol. The molecule has 3 heterocycles. The van der Waals surface area contributed by atoms with Crippen LogP contribution in [0.15, 0.2) is 18.3 Å². The maximum absolute atomic E-state index is 13.4. The first-order chi connectivity index (χ1) is 13.3. The summed E-state index contributed by atoms with van der Waals surface area (Å²) in [6.45, 7) is 1.85. The number of likely N-dealkylation sites (N-methyl/N-ethyl adjacent to an activating group) is 1. The number of anilines is 3. The molecule has 0 aromatic carbocycles. The van der Waals surface area contributed by atoms with Crippen LogP contribution in [0.5, 0.6) is 0 Å². The molecule has 0 spiro atoms. The molecule has 1 aliphatic rings. The molecule has 0 saturated carbocycles. The third-order valence-corrected chi connectivity index (χ3v) is 4.73. The maximum Gasteiger partial charge on any atom is 0.419 e. The summed E-state index contributed by atoms with van der Waals surface area (Å²) < 4.78 is 45.1. The molecule has 7 nitrogen and oxygen atoms in total. The van der Waals surface area contributed by atoms with Crippen LogP contribution < -0.4 is 15.5 Å². The molecule has 2 N–H and O–H groups in total. The van der Waals surface area contributed by atoms with Gasteiger partial charge in [-0.15, -0.1) is 0 Å². The lowest BCUT2D eigenvalue weighted by Gasteiger charge is -2.24. The van der Waals surface area contributed by atoms with Crippen LogP contribution in [0.4, 0.5) is 30.8 Å². The van der Waals surface area contributed by atoms with E-state index in [1.165, 1.54) is 12.3 Å². The van der Waals surface area contributed by atoms with Gasteiger partial charge in [0.25, 0.3) is 0 Å². The molecule has 3 rings (SSSR count). The van der Waals surface area contributed by atoms with Crippen LogP contribution in [0.1, 0.15) is 16.8 Å². The zero-order chi connectivity index (χ0) is 20.3. The molecule has 152 valence electrons. The molecule has 0 bridgehead atoms. The molecule has 1 aliphatic heterocycles. The van der Waals surface area contributed by atoms with E-state index in [-0.39, 0.29) is 5.82 Å². The summed E-state index contributed by atoms with van der Waals surface area (Å²) in [6, 6.07) is 2.35. The number of nitrogens with zero attached hydrogens (tertiary/aromatic N) is 5. The van der Waals surface area contributed by atoms with E-state index in [0.29, 0.717) is 50.8 Å². The van der Waals surface area contributed by atoms with Crippen LogP contribution in [0.2, 0.25) is 0 Å². The van der Waals surface area contributed by atoms with Gasteiger partial charge < -0.3 is 20.3 Å². The Morgan fingerprint density at radius 2 is 2.00 bits per heavy atom. The average Bonchev–Trinajstić information content (AvgIpc) is 2.88. The zero-order valence-electron chi connectivity index (χ0n) is 15.8. The fraction of sp³-hybridized carbons (Fsp3) is 0.500. The average molecular weight is 396 g/mol. The summed E-state index contributed by atoms with van der Waals surface area (Å²) in [5, 5.41) is 0. The fourth-order valence-corrected chi connectivity index (χ4v) is 3.20. The number of rotatable bonds is 5. The second-order valence-electron chi connectivity index (χ2n) is 6.61. The predicted octanol–water partition coefficient (Wildman–Crippen LogP) is 2.16. The SMILES string of the molecule is COCCN(C)c1nc(N)c2c(n1)CCN(c1ncccc1C(F)(F)F)CC2. The van der Waals surface area contributed by atoms with Gasteiger partial charge in [-0.05, 0) is 18.6 Å². The third-order valence-electron chi connectivity index (χ3n) is 4.73. The smallest absolute Gasteiger partial charge is 0.383 e. The second kappa shape index (κ2) is 8.17. The van der Waals surface area contributed by atoms with Gasteiger partial charge in [0.1, 0.15) is 11.6 Å². The largest absolute Gasteiger partial charge is 0.419 e. The first kappa shape index (κ1) is 20.1. The molecule has 2 aromatic heterocycles. The molecule has 0 aliphatic carbocycles. The molecule has 2 aromatic rings. The Kier molecular flexibility index (Phi) is 5.87. The highest BCUT2D eigenvalue weighted by atomic mass is 19.4. The van der Waals surface area contributed by atoms with Crippen molar-refractivity contribution in [3.8, 4) is 0 Å². The number of pyridine rings is 1. The van der Waals surface area contributed by atoms with Gasteiger partial charge in [-0.1, -0.05) is 0 Å².